The van der Waals surface area contributed by atoms with E-state index < -0.39 is 17.7 Å². The topological polar surface area (TPSA) is 154 Å². The number of ether oxygens (including phenoxy) is 3. The fourth-order valence-electron chi connectivity index (χ4n) is 4.00. The van der Waals surface area contributed by atoms with Crippen molar-refractivity contribution < 1.29 is 27.8 Å². The summed E-state index contributed by atoms with van der Waals surface area (Å²) < 4.78 is 35.4. The molecule has 0 unspecified atom stereocenters. The highest BCUT2D eigenvalue weighted by atomic mass is 32.1. The zero-order valence-corrected chi connectivity index (χ0v) is 21.8. The predicted molar refractivity (Wildman–Crippen MR) is 144 cm³/mol. The normalized spacial score (nSPS) is 11.3. The number of nitrogens with one attached hydrogen (secondary N) is 2. The van der Waals surface area contributed by atoms with Gasteiger partial charge in [0.25, 0.3) is 5.88 Å². The summed E-state index contributed by atoms with van der Waals surface area (Å²) in [5.41, 5.74) is 4.50. The second-order valence-electron chi connectivity index (χ2n) is 8.55. The number of hydrogen-bond acceptors (Lipinski definition) is 11. The van der Waals surface area contributed by atoms with E-state index in [2.05, 4.69) is 30.2 Å². The van der Waals surface area contributed by atoms with Gasteiger partial charge in [-0.05, 0) is 36.8 Å². The second-order valence-corrected chi connectivity index (χ2v) is 9.52. The molecule has 0 spiro atoms. The zero-order valence-electron chi connectivity index (χ0n) is 21.0. The Bertz CT molecular complexity index is 1970. The molecule has 0 saturated carbocycles. The molecular formula is C26H19FN6O6S. The number of carbonyl (C=O) groups excluding carboxylic acids is 1. The predicted octanol–water partition coefficient (Wildman–Crippen LogP) is 4.82. The van der Waals surface area contributed by atoms with Gasteiger partial charge in [-0.3, -0.25) is 10.3 Å². The molecule has 0 aliphatic heterocycles. The Hall–Kier alpha value is -5.11. The van der Waals surface area contributed by atoms with Crippen LogP contribution in [0.2, 0.25) is 0 Å². The first-order valence-electron chi connectivity index (χ1n) is 11.8. The Labute approximate surface area is 227 Å². The average Bonchev–Trinajstić information content (AvgIpc) is 3.51. The van der Waals surface area contributed by atoms with E-state index in [1.54, 1.807) is 12.1 Å². The van der Waals surface area contributed by atoms with E-state index in [1.165, 1.54) is 36.8 Å². The van der Waals surface area contributed by atoms with Crippen molar-refractivity contribution in [1.82, 2.24) is 24.9 Å². The van der Waals surface area contributed by atoms with Gasteiger partial charge < -0.3 is 18.6 Å². The van der Waals surface area contributed by atoms with Crippen molar-refractivity contribution in [3.05, 3.63) is 64.5 Å². The highest BCUT2D eigenvalue weighted by molar-refractivity contribution is 7.21. The quantitative estimate of drug-likeness (QED) is 0.259. The highest BCUT2D eigenvalue weighted by Gasteiger charge is 2.17. The third kappa shape index (κ3) is 4.99. The molecule has 4 heterocycles. The number of rotatable bonds is 7. The number of pyridine rings is 1. The number of anilines is 1. The molecule has 6 aromatic rings. The summed E-state index contributed by atoms with van der Waals surface area (Å²) in [6.45, 7) is 1.63. The minimum absolute atomic E-state index is 0.139. The molecule has 2 aromatic carbocycles. The lowest BCUT2D eigenvalue weighted by Gasteiger charge is -2.08. The van der Waals surface area contributed by atoms with Gasteiger partial charge in [-0.2, -0.15) is 4.98 Å². The molecule has 4 aromatic heterocycles. The van der Waals surface area contributed by atoms with Crippen molar-refractivity contribution in [1.29, 1.82) is 0 Å². The molecule has 1 amide bonds. The van der Waals surface area contributed by atoms with Crippen LogP contribution in [0.1, 0.15) is 5.56 Å². The maximum atomic E-state index is 14.7. The molecule has 0 aliphatic carbocycles. The molecular weight excluding hydrogens is 543 g/mol. The van der Waals surface area contributed by atoms with Crippen LogP contribution in [0.15, 0.2) is 51.8 Å². The highest BCUT2D eigenvalue weighted by Crippen LogP contribution is 2.35. The molecule has 40 heavy (non-hydrogen) atoms. The summed E-state index contributed by atoms with van der Waals surface area (Å²) in [7, 11) is 1.52. The summed E-state index contributed by atoms with van der Waals surface area (Å²) in [5.74, 6) is -1.14. The number of benzene rings is 2. The second kappa shape index (κ2) is 10.2. The minimum atomic E-state index is -0.761. The van der Waals surface area contributed by atoms with Gasteiger partial charge >= 0.3 is 11.8 Å². The molecule has 12 nitrogen and oxygen atoms in total. The van der Waals surface area contributed by atoms with Gasteiger partial charge in [0.1, 0.15) is 28.6 Å². The number of aromatic amines is 1. The molecule has 2 N–H and O–H groups in total. The number of aryl methyl sites for hydroxylation is 1. The van der Waals surface area contributed by atoms with Crippen LogP contribution in [0.25, 0.3) is 43.1 Å². The fourth-order valence-corrected chi connectivity index (χ4v) is 4.93. The van der Waals surface area contributed by atoms with E-state index >= 15 is 0 Å². The minimum Gasteiger partial charge on any atom is -0.480 e. The molecule has 0 aliphatic rings. The van der Waals surface area contributed by atoms with Gasteiger partial charge in [-0.1, -0.05) is 11.3 Å². The lowest BCUT2D eigenvalue weighted by Crippen LogP contribution is -2.18. The van der Waals surface area contributed by atoms with Gasteiger partial charge in [-0.25, -0.2) is 28.9 Å². The van der Waals surface area contributed by atoms with Crippen molar-refractivity contribution in [2.75, 3.05) is 25.6 Å². The molecule has 0 atom stereocenters. The van der Waals surface area contributed by atoms with Crippen molar-refractivity contribution in [2.45, 2.75) is 6.92 Å². The van der Waals surface area contributed by atoms with Crippen LogP contribution in [-0.2, 0) is 4.74 Å². The number of thiazole rings is 1. The number of H-pyrrole nitrogens is 1. The SMILES string of the molecule is COc1cnc2c(-c3nc4cc(F)c(OCCOC(=O)Nc5ccc6[nH]c(=O)oc6c5)nc4s3)cc(C)cc2n1. The maximum absolute atomic E-state index is 14.7. The van der Waals surface area contributed by atoms with Gasteiger partial charge in [0, 0.05) is 23.4 Å². The van der Waals surface area contributed by atoms with Crippen molar-refractivity contribution in [3.63, 3.8) is 0 Å². The Morgan fingerprint density at radius 2 is 2.00 bits per heavy atom. The number of carbonyl (C=O) groups is 1. The summed E-state index contributed by atoms with van der Waals surface area (Å²) in [4.78, 5) is 44.1. The van der Waals surface area contributed by atoms with Crippen LogP contribution in [0, 0.1) is 12.7 Å². The first-order valence-corrected chi connectivity index (χ1v) is 12.7. The third-order valence-electron chi connectivity index (χ3n) is 5.74. The fraction of sp³-hybridized carbons (Fsp3) is 0.154. The Morgan fingerprint density at radius 3 is 2.85 bits per heavy atom. The Balaban J connectivity index is 1.13. The molecule has 202 valence electrons. The molecule has 0 fully saturated rings. The summed E-state index contributed by atoms with van der Waals surface area (Å²) >= 11 is 1.26. The first kappa shape index (κ1) is 25.2. The summed E-state index contributed by atoms with van der Waals surface area (Å²) in [5, 5.41) is 3.11. The maximum Gasteiger partial charge on any atom is 0.417 e. The smallest absolute Gasteiger partial charge is 0.417 e. The number of aromatic nitrogens is 5. The molecule has 6 rings (SSSR count). The standard InChI is InChI=1S/C26H19FN6O6S/c1-12-7-14(21-17(8-12)30-20(36-2)11-28-21)23-31-18-10-15(27)22(33-24(18)40-23)37-5-6-38-25(34)29-13-3-4-16-19(9-13)39-26(35)32-16/h3-4,7-11H,5-6H2,1-2H3,(H,29,34)(H,32,35). The summed E-state index contributed by atoms with van der Waals surface area (Å²) in [6.07, 6.45) is 0.767. The number of halogens is 1. The zero-order chi connectivity index (χ0) is 27.8. The van der Waals surface area contributed by atoms with Crippen LogP contribution < -0.4 is 20.5 Å². The summed E-state index contributed by atoms with van der Waals surface area (Å²) in [6, 6.07) is 9.71. The average molecular weight is 563 g/mol. The lowest BCUT2D eigenvalue weighted by atomic mass is 10.1. The number of hydrogen-bond donors (Lipinski definition) is 2. The largest absolute Gasteiger partial charge is 0.480 e. The Morgan fingerprint density at radius 1 is 1.12 bits per heavy atom. The molecule has 0 radical (unpaired) electrons. The van der Waals surface area contributed by atoms with E-state index in [0.717, 1.165) is 11.1 Å². The van der Waals surface area contributed by atoms with Crippen molar-refractivity contribution in [2.24, 2.45) is 0 Å². The van der Waals surface area contributed by atoms with Gasteiger partial charge in [0.2, 0.25) is 5.88 Å². The van der Waals surface area contributed by atoms with E-state index in [1.807, 2.05) is 19.1 Å². The number of nitrogens with zero attached hydrogens (tertiary/aromatic N) is 4. The lowest BCUT2D eigenvalue weighted by molar-refractivity contribution is 0.135. The van der Waals surface area contributed by atoms with Crippen LogP contribution in [0.5, 0.6) is 11.8 Å². The van der Waals surface area contributed by atoms with E-state index in [-0.39, 0.29) is 24.7 Å². The molecule has 0 saturated heterocycles. The van der Waals surface area contributed by atoms with Crippen LogP contribution >= 0.6 is 11.3 Å². The number of oxazole rings is 1. The number of amides is 1. The molecule has 0 bridgehead atoms. The van der Waals surface area contributed by atoms with Crippen LogP contribution in [-0.4, -0.2) is 51.3 Å². The first-order chi connectivity index (χ1) is 19.4. The van der Waals surface area contributed by atoms with Gasteiger partial charge in [0.15, 0.2) is 11.4 Å². The van der Waals surface area contributed by atoms with Crippen LogP contribution in [0.4, 0.5) is 14.9 Å². The monoisotopic (exact) mass is 562 g/mol. The molecule has 14 heteroatoms. The van der Waals surface area contributed by atoms with E-state index in [0.29, 0.717) is 43.5 Å². The van der Waals surface area contributed by atoms with Crippen molar-refractivity contribution in [3.8, 4) is 22.3 Å². The van der Waals surface area contributed by atoms with Gasteiger partial charge in [0.05, 0.1) is 29.9 Å². The van der Waals surface area contributed by atoms with E-state index in [9.17, 15) is 14.0 Å². The number of fused-ring (bicyclic) bond motifs is 3. The number of methoxy groups -OCH3 is 1. The Kier molecular flexibility index (Phi) is 6.43. The van der Waals surface area contributed by atoms with E-state index in [4.69, 9.17) is 18.6 Å². The van der Waals surface area contributed by atoms with Gasteiger partial charge in [-0.15, -0.1) is 0 Å². The van der Waals surface area contributed by atoms with Crippen LogP contribution in [0.3, 0.4) is 0 Å². The third-order valence-corrected chi connectivity index (χ3v) is 6.73. The van der Waals surface area contributed by atoms with Crippen molar-refractivity contribution >= 4 is 55.6 Å².